The smallest absolute Gasteiger partial charge is 0.334 e. The summed E-state index contributed by atoms with van der Waals surface area (Å²) >= 11 is 5.18. The quantitative estimate of drug-likeness (QED) is 0.486. The summed E-state index contributed by atoms with van der Waals surface area (Å²) in [6.07, 6.45) is 1.12. The van der Waals surface area contributed by atoms with Crippen LogP contribution < -0.4 is 0 Å². The lowest BCUT2D eigenvalue weighted by atomic mass is 9.99. The highest BCUT2D eigenvalue weighted by atomic mass is 32.1. The summed E-state index contributed by atoms with van der Waals surface area (Å²) in [6, 6.07) is 0. The van der Waals surface area contributed by atoms with E-state index in [1.165, 1.54) is 0 Å². The summed E-state index contributed by atoms with van der Waals surface area (Å²) in [7, 11) is -2.18. The maximum Gasteiger partial charge on any atom is 0.334 e. The van der Waals surface area contributed by atoms with Crippen LogP contribution >= 0.6 is 12.6 Å². The molecule has 20 heavy (non-hydrogen) atoms. The molecule has 1 atom stereocenters. The zero-order valence-electron chi connectivity index (χ0n) is 14.8. The Labute approximate surface area is 136 Å². The first-order chi connectivity index (χ1) is 9.09. The molecular formula is C15H36O2SSi2. The maximum absolute atomic E-state index is 6.05. The van der Waals surface area contributed by atoms with Gasteiger partial charge in [-0.05, 0) is 37.1 Å². The molecule has 0 heterocycles. The summed E-state index contributed by atoms with van der Waals surface area (Å²) in [5.74, 6) is 1.32. The van der Waals surface area contributed by atoms with Crippen molar-refractivity contribution in [3.63, 3.8) is 0 Å². The molecule has 0 saturated carbocycles. The Morgan fingerprint density at radius 3 is 1.80 bits per heavy atom. The molecule has 0 radical (unpaired) electrons. The Hall–Kier alpha value is 0.704. The highest BCUT2D eigenvalue weighted by Crippen LogP contribution is 2.41. The Morgan fingerprint density at radius 1 is 1.05 bits per heavy atom. The molecule has 5 heteroatoms. The molecule has 0 aromatic rings. The van der Waals surface area contributed by atoms with Gasteiger partial charge in [-0.25, -0.2) is 0 Å². The average Bonchev–Trinajstić information content (AvgIpc) is 2.26. The van der Waals surface area contributed by atoms with Gasteiger partial charge < -0.3 is 8.85 Å². The van der Waals surface area contributed by atoms with Crippen molar-refractivity contribution >= 4 is 31.4 Å². The van der Waals surface area contributed by atoms with Gasteiger partial charge in [0.2, 0.25) is 0 Å². The first kappa shape index (κ1) is 20.7. The Kier molecular flexibility index (Phi) is 9.30. The van der Waals surface area contributed by atoms with Gasteiger partial charge >= 0.3 is 9.28 Å². The van der Waals surface area contributed by atoms with E-state index in [0.717, 1.165) is 19.6 Å². The van der Waals surface area contributed by atoms with Gasteiger partial charge in [0.1, 0.15) is 0 Å². The minimum absolute atomic E-state index is 0.0357. The lowest BCUT2D eigenvalue weighted by Crippen LogP contribution is -2.54. The van der Waals surface area contributed by atoms with Crippen LogP contribution in [0.3, 0.4) is 0 Å². The van der Waals surface area contributed by atoms with E-state index in [0.29, 0.717) is 16.9 Å². The predicted molar refractivity (Wildman–Crippen MR) is 99.0 cm³/mol. The van der Waals surface area contributed by atoms with Crippen LogP contribution in [-0.2, 0) is 8.85 Å². The highest BCUT2D eigenvalue weighted by Gasteiger charge is 2.45. The molecule has 2 nitrogen and oxygen atoms in total. The number of hydrogen-bond donors (Lipinski definition) is 1. The second kappa shape index (κ2) is 8.98. The van der Waals surface area contributed by atoms with Gasteiger partial charge in [-0.2, -0.15) is 12.6 Å². The molecule has 0 N–H and O–H groups in total. The molecule has 0 bridgehead atoms. The third-order valence-electron chi connectivity index (χ3n) is 4.16. The summed E-state index contributed by atoms with van der Waals surface area (Å²) in [4.78, 5) is 0. The molecule has 0 aromatic heterocycles. The molecular weight excluding hydrogens is 300 g/mol. The van der Waals surface area contributed by atoms with Gasteiger partial charge in [-0.3, -0.25) is 0 Å². The molecule has 0 saturated heterocycles. The van der Waals surface area contributed by atoms with E-state index in [4.69, 9.17) is 21.5 Å². The molecule has 0 amide bonds. The SMILES string of the molecule is CCO[SiH](OCC)[C@](S)(CC(C)C)[SiH2]C(C)(C)C(C)C. The largest absolute Gasteiger partial charge is 0.396 e. The fourth-order valence-electron chi connectivity index (χ4n) is 2.61. The molecule has 0 rings (SSSR count). The van der Waals surface area contributed by atoms with Crippen molar-refractivity contribution in [3.05, 3.63) is 0 Å². The van der Waals surface area contributed by atoms with E-state index in [2.05, 4.69) is 55.4 Å². The molecule has 0 unspecified atom stereocenters. The van der Waals surface area contributed by atoms with Gasteiger partial charge in [0.05, 0.1) is 0 Å². The predicted octanol–water partition coefficient (Wildman–Crippen LogP) is 3.51. The van der Waals surface area contributed by atoms with Gasteiger partial charge in [0, 0.05) is 26.7 Å². The third-order valence-corrected chi connectivity index (χ3v) is 12.1. The van der Waals surface area contributed by atoms with E-state index in [1.54, 1.807) is 0 Å². The molecule has 0 aliphatic rings. The Balaban J connectivity index is 5.24. The van der Waals surface area contributed by atoms with E-state index >= 15 is 0 Å². The summed E-state index contributed by atoms with van der Waals surface area (Å²) in [6.45, 7) is 19.6. The van der Waals surface area contributed by atoms with Crippen molar-refractivity contribution in [2.24, 2.45) is 11.8 Å². The van der Waals surface area contributed by atoms with Crippen LogP contribution in [0, 0.1) is 11.8 Å². The summed E-state index contributed by atoms with van der Waals surface area (Å²) in [5.41, 5.74) is 0. The molecule has 0 spiro atoms. The van der Waals surface area contributed by atoms with E-state index < -0.39 is 18.8 Å². The molecule has 0 fully saturated rings. The van der Waals surface area contributed by atoms with Gasteiger partial charge in [0.25, 0.3) is 0 Å². The first-order valence-electron chi connectivity index (χ1n) is 8.04. The molecule has 0 aromatic carbocycles. The number of rotatable bonds is 10. The van der Waals surface area contributed by atoms with Crippen molar-refractivity contribution in [2.45, 2.75) is 70.8 Å². The zero-order chi connectivity index (χ0) is 16.0. The summed E-state index contributed by atoms with van der Waals surface area (Å²) < 4.78 is 12.1. The van der Waals surface area contributed by atoms with E-state index in [-0.39, 0.29) is 3.99 Å². The van der Waals surface area contributed by atoms with Crippen LogP contribution in [0.15, 0.2) is 0 Å². The van der Waals surface area contributed by atoms with Crippen molar-refractivity contribution in [1.82, 2.24) is 0 Å². The lowest BCUT2D eigenvalue weighted by Gasteiger charge is -2.42. The van der Waals surface area contributed by atoms with Crippen LogP contribution in [0.2, 0.25) is 5.04 Å². The monoisotopic (exact) mass is 336 g/mol. The number of thiol groups is 1. The van der Waals surface area contributed by atoms with Crippen molar-refractivity contribution in [1.29, 1.82) is 0 Å². The fourth-order valence-corrected chi connectivity index (χ4v) is 12.3. The van der Waals surface area contributed by atoms with Crippen LogP contribution in [-0.4, -0.2) is 36.0 Å². The Bertz CT molecular complexity index is 267. The fraction of sp³-hybridized carbons (Fsp3) is 1.00. The second-order valence-corrected chi connectivity index (χ2v) is 15.9. The third kappa shape index (κ3) is 6.64. The van der Waals surface area contributed by atoms with Gasteiger partial charge in [-0.15, -0.1) is 0 Å². The van der Waals surface area contributed by atoms with Gasteiger partial charge in [-0.1, -0.05) is 41.5 Å². The van der Waals surface area contributed by atoms with Crippen molar-refractivity contribution < 1.29 is 8.85 Å². The lowest BCUT2D eigenvalue weighted by molar-refractivity contribution is 0.204. The minimum atomic E-state index is -1.73. The Morgan fingerprint density at radius 2 is 1.50 bits per heavy atom. The van der Waals surface area contributed by atoms with Gasteiger partial charge in [0.15, 0.2) is 0 Å². The standard InChI is InChI=1S/C15H36O2SSi2/c1-9-16-20(17-10-2)15(18,11-12(3)4)19-14(7,8)13(5)6/h12-13,18,20H,9-11,19H2,1-8H3/t15-/m0/s1. The number of hydrogen-bond acceptors (Lipinski definition) is 3. The summed E-state index contributed by atoms with van der Waals surface area (Å²) in [5, 5.41) is 0.385. The maximum atomic E-state index is 6.05. The molecule has 0 aliphatic heterocycles. The highest BCUT2D eigenvalue weighted by molar-refractivity contribution is 7.85. The van der Waals surface area contributed by atoms with Crippen LogP contribution in [0.4, 0.5) is 0 Å². The van der Waals surface area contributed by atoms with E-state index in [9.17, 15) is 0 Å². The zero-order valence-corrected chi connectivity index (χ0v) is 18.3. The van der Waals surface area contributed by atoms with Crippen LogP contribution in [0.1, 0.15) is 61.8 Å². The van der Waals surface area contributed by atoms with Crippen LogP contribution in [0.5, 0.6) is 0 Å². The average molecular weight is 337 g/mol. The second-order valence-electron chi connectivity index (χ2n) is 7.26. The minimum Gasteiger partial charge on any atom is -0.396 e. The first-order valence-corrected chi connectivity index (χ1v) is 11.4. The molecule has 122 valence electrons. The van der Waals surface area contributed by atoms with Crippen LogP contribution in [0.25, 0.3) is 0 Å². The topological polar surface area (TPSA) is 18.5 Å². The normalized spacial score (nSPS) is 16.8. The van der Waals surface area contributed by atoms with Crippen molar-refractivity contribution in [2.75, 3.05) is 13.2 Å². The van der Waals surface area contributed by atoms with E-state index in [1.807, 2.05) is 0 Å². The molecule has 0 aliphatic carbocycles. The van der Waals surface area contributed by atoms with Crippen molar-refractivity contribution in [3.8, 4) is 0 Å².